The molecule has 0 unspecified atom stereocenters. The first kappa shape index (κ1) is 20.2. The number of methoxy groups -OCH3 is 3. The molecule has 0 spiro atoms. The summed E-state index contributed by atoms with van der Waals surface area (Å²) in [6, 6.07) is 11.7. The molecule has 8 heteroatoms. The number of nitrogens with zero attached hydrogens (tertiary/aromatic N) is 1. The standard InChI is InChI=1S/C21H22N2O6/c1-27-14-8-9-18(28-2)17(11-14)23-12-13(10-19(23)24)20(25)22-16-7-5-4-6-15(16)21(26)29-3/h4-9,11,13H,10,12H2,1-3H3,(H,22,25)/t13-/m1/s1. The monoisotopic (exact) mass is 398 g/mol. The molecule has 152 valence electrons. The number of rotatable bonds is 6. The van der Waals surface area contributed by atoms with E-state index in [0.717, 1.165) is 0 Å². The second-order valence-electron chi connectivity index (χ2n) is 6.47. The number of benzene rings is 2. The van der Waals surface area contributed by atoms with Crippen molar-refractivity contribution in [2.45, 2.75) is 6.42 Å². The van der Waals surface area contributed by atoms with E-state index in [0.29, 0.717) is 22.9 Å². The molecular weight excluding hydrogens is 376 g/mol. The Morgan fingerprint density at radius 1 is 1.07 bits per heavy atom. The van der Waals surface area contributed by atoms with Crippen molar-refractivity contribution >= 4 is 29.2 Å². The van der Waals surface area contributed by atoms with Gasteiger partial charge in [0.25, 0.3) is 0 Å². The van der Waals surface area contributed by atoms with Crippen molar-refractivity contribution in [3.8, 4) is 11.5 Å². The van der Waals surface area contributed by atoms with Crippen molar-refractivity contribution in [1.82, 2.24) is 0 Å². The Kier molecular flexibility index (Phi) is 6.01. The zero-order valence-electron chi connectivity index (χ0n) is 16.4. The minimum absolute atomic E-state index is 0.0482. The molecule has 0 radical (unpaired) electrons. The molecule has 1 aliphatic heterocycles. The lowest BCUT2D eigenvalue weighted by molar-refractivity contribution is -0.122. The Balaban J connectivity index is 1.79. The summed E-state index contributed by atoms with van der Waals surface area (Å²) in [5.41, 5.74) is 1.13. The van der Waals surface area contributed by atoms with Gasteiger partial charge in [-0.3, -0.25) is 9.59 Å². The number of ether oxygens (including phenoxy) is 3. The van der Waals surface area contributed by atoms with Crippen LogP contribution in [0.5, 0.6) is 11.5 Å². The predicted octanol–water partition coefficient (Wildman–Crippen LogP) is 2.48. The van der Waals surface area contributed by atoms with E-state index in [9.17, 15) is 14.4 Å². The van der Waals surface area contributed by atoms with Crippen LogP contribution in [-0.2, 0) is 14.3 Å². The van der Waals surface area contributed by atoms with Crippen LogP contribution in [0.1, 0.15) is 16.8 Å². The van der Waals surface area contributed by atoms with Gasteiger partial charge in [-0.15, -0.1) is 0 Å². The molecule has 1 aliphatic rings. The second-order valence-corrected chi connectivity index (χ2v) is 6.47. The van der Waals surface area contributed by atoms with Crippen molar-refractivity contribution in [2.24, 2.45) is 5.92 Å². The molecular formula is C21H22N2O6. The number of carbonyl (C=O) groups is 3. The first-order valence-electron chi connectivity index (χ1n) is 8.99. The molecule has 1 saturated heterocycles. The summed E-state index contributed by atoms with van der Waals surface area (Å²) in [4.78, 5) is 38.8. The Labute approximate surface area is 168 Å². The largest absolute Gasteiger partial charge is 0.497 e. The van der Waals surface area contributed by atoms with Gasteiger partial charge in [-0.1, -0.05) is 12.1 Å². The number of para-hydroxylation sites is 1. The van der Waals surface area contributed by atoms with Gasteiger partial charge in [0.05, 0.1) is 44.2 Å². The topological polar surface area (TPSA) is 94.2 Å². The molecule has 2 aromatic carbocycles. The van der Waals surface area contributed by atoms with Crippen LogP contribution in [0.4, 0.5) is 11.4 Å². The number of hydrogen-bond donors (Lipinski definition) is 1. The summed E-state index contributed by atoms with van der Waals surface area (Å²) in [6.45, 7) is 0.189. The Morgan fingerprint density at radius 3 is 2.52 bits per heavy atom. The van der Waals surface area contributed by atoms with E-state index in [1.165, 1.54) is 26.2 Å². The lowest BCUT2D eigenvalue weighted by Gasteiger charge is -2.20. The van der Waals surface area contributed by atoms with Gasteiger partial charge in [-0.05, 0) is 24.3 Å². The number of amides is 2. The zero-order valence-corrected chi connectivity index (χ0v) is 16.4. The molecule has 3 rings (SSSR count). The van der Waals surface area contributed by atoms with Gasteiger partial charge in [-0.25, -0.2) is 4.79 Å². The van der Waals surface area contributed by atoms with Gasteiger partial charge in [0.15, 0.2) is 0 Å². The fourth-order valence-electron chi connectivity index (χ4n) is 3.24. The van der Waals surface area contributed by atoms with E-state index in [-0.39, 0.29) is 30.3 Å². The highest BCUT2D eigenvalue weighted by atomic mass is 16.5. The van der Waals surface area contributed by atoms with Crippen molar-refractivity contribution < 1.29 is 28.6 Å². The number of nitrogens with one attached hydrogen (secondary N) is 1. The molecule has 0 bridgehead atoms. The summed E-state index contributed by atoms with van der Waals surface area (Å²) in [6.07, 6.45) is 0.0482. The van der Waals surface area contributed by atoms with Crippen LogP contribution in [0.2, 0.25) is 0 Å². The third-order valence-electron chi connectivity index (χ3n) is 4.76. The first-order chi connectivity index (χ1) is 14.0. The smallest absolute Gasteiger partial charge is 0.339 e. The van der Waals surface area contributed by atoms with Gasteiger partial charge < -0.3 is 24.4 Å². The van der Waals surface area contributed by atoms with E-state index < -0.39 is 11.9 Å². The molecule has 1 N–H and O–H groups in total. The number of carbonyl (C=O) groups excluding carboxylic acids is 3. The van der Waals surface area contributed by atoms with Crippen LogP contribution < -0.4 is 19.7 Å². The normalized spacial score (nSPS) is 15.8. The molecule has 1 atom stereocenters. The molecule has 2 amide bonds. The Hall–Kier alpha value is -3.55. The van der Waals surface area contributed by atoms with Crippen LogP contribution >= 0.6 is 0 Å². The van der Waals surface area contributed by atoms with Crippen LogP contribution in [-0.4, -0.2) is 45.7 Å². The summed E-state index contributed by atoms with van der Waals surface area (Å²) in [5.74, 6) is -0.586. The number of hydrogen-bond acceptors (Lipinski definition) is 6. The highest BCUT2D eigenvalue weighted by molar-refractivity contribution is 6.06. The maximum absolute atomic E-state index is 12.8. The maximum Gasteiger partial charge on any atom is 0.339 e. The first-order valence-corrected chi connectivity index (χ1v) is 8.99. The average Bonchev–Trinajstić information content (AvgIpc) is 3.14. The minimum atomic E-state index is -0.580. The van der Waals surface area contributed by atoms with Crippen LogP contribution in [0.3, 0.4) is 0 Å². The van der Waals surface area contributed by atoms with Crippen molar-refractivity contribution in [3.63, 3.8) is 0 Å². The van der Waals surface area contributed by atoms with Gasteiger partial charge >= 0.3 is 5.97 Å². The third kappa shape index (κ3) is 4.16. The van der Waals surface area contributed by atoms with Gasteiger partial charge in [-0.2, -0.15) is 0 Å². The quantitative estimate of drug-likeness (QED) is 0.752. The Morgan fingerprint density at radius 2 is 1.83 bits per heavy atom. The average molecular weight is 398 g/mol. The minimum Gasteiger partial charge on any atom is -0.497 e. The summed E-state index contributed by atoms with van der Waals surface area (Å²) < 4.78 is 15.3. The van der Waals surface area contributed by atoms with E-state index in [2.05, 4.69) is 5.32 Å². The molecule has 8 nitrogen and oxygen atoms in total. The highest BCUT2D eigenvalue weighted by Crippen LogP contribution is 2.36. The lowest BCUT2D eigenvalue weighted by atomic mass is 10.1. The number of esters is 1. The van der Waals surface area contributed by atoms with Crippen molar-refractivity contribution in [1.29, 1.82) is 0 Å². The molecule has 1 fully saturated rings. The number of anilines is 2. The Bertz CT molecular complexity index is 943. The summed E-state index contributed by atoms with van der Waals surface area (Å²) >= 11 is 0. The van der Waals surface area contributed by atoms with E-state index in [1.807, 2.05) is 0 Å². The van der Waals surface area contributed by atoms with Crippen LogP contribution in [0.25, 0.3) is 0 Å². The summed E-state index contributed by atoms with van der Waals surface area (Å²) in [7, 11) is 4.32. The molecule has 0 saturated carbocycles. The zero-order chi connectivity index (χ0) is 21.0. The fourth-order valence-corrected chi connectivity index (χ4v) is 3.24. The molecule has 1 heterocycles. The second kappa shape index (κ2) is 8.64. The molecule has 0 aliphatic carbocycles. The van der Waals surface area contributed by atoms with E-state index in [1.54, 1.807) is 42.5 Å². The van der Waals surface area contributed by atoms with E-state index in [4.69, 9.17) is 14.2 Å². The van der Waals surface area contributed by atoms with Gasteiger partial charge in [0, 0.05) is 19.0 Å². The van der Waals surface area contributed by atoms with Crippen LogP contribution in [0.15, 0.2) is 42.5 Å². The van der Waals surface area contributed by atoms with Crippen LogP contribution in [0, 0.1) is 5.92 Å². The summed E-state index contributed by atoms with van der Waals surface area (Å²) in [5, 5.41) is 2.74. The lowest BCUT2D eigenvalue weighted by Crippen LogP contribution is -2.28. The van der Waals surface area contributed by atoms with Gasteiger partial charge in [0.1, 0.15) is 11.5 Å². The van der Waals surface area contributed by atoms with Crippen molar-refractivity contribution in [3.05, 3.63) is 48.0 Å². The SMILES string of the molecule is COC(=O)c1ccccc1NC(=O)[C@@H]1CC(=O)N(c2cc(OC)ccc2OC)C1. The molecule has 29 heavy (non-hydrogen) atoms. The molecule has 2 aromatic rings. The van der Waals surface area contributed by atoms with E-state index >= 15 is 0 Å². The highest BCUT2D eigenvalue weighted by Gasteiger charge is 2.36. The maximum atomic E-state index is 12.8. The fraction of sp³-hybridized carbons (Fsp3) is 0.286. The van der Waals surface area contributed by atoms with Crippen molar-refractivity contribution in [2.75, 3.05) is 38.1 Å². The molecule has 0 aromatic heterocycles. The van der Waals surface area contributed by atoms with Gasteiger partial charge in [0.2, 0.25) is 11.8 Å². The third-order valence-corrected chi connectivity index (χ3v) is 4.76. The predicted molar refractivity (Wildman–Crippen MR) is 106 cm³/mol.